The number of carbonyl (C=O) groups is 2. The van der Waals surface area contributed by atoms with E-state index in [1.165, 1.54) is 26.2 Å². The molecule has 56 heavy (non-hydrogen) atoms. The molecule has 326 valence electrons. The number of benzene rings is 1. The van der Waals surface area contributed by atoms with Crippen molar-refractivity contribution in [3.8, 4) is 5.75 Å². The van der Waals surface area contributed by atoms with Crippen LogP contribution in [0.4, 0.5) is 5.69 Å². The summed E-state index contributed by atoms with van der Waals surface area (Å²) in [5.74, 6) is 0.451. The van der Waals surface area contributed by atoms with Crippen LogP contribution in [-0.4, -0.2) is 170 Å². The lowest BCUT2D eigenvalue weighted by Crippen LogP contribution is -2.16. The van der Waals surface area contributed by atoms with Crippen molar-refractivity contribution in [3.05, 3.63) is 24.3 Å². The Kier molecular flexibility index (Phi) is 38.8. The molecule has 0 atom stereocenters. The topological polar surface area (TPSA) is 166 Å². The predicted molar refractivity (Wildman–Crippen MR) is 210 cm³/mol. The van der Waals surface area contributed by atoms with Crippen LogP contribution in [0.15, 0.2) is 24.3 Å². The van der Waals surface area contributed by atoms with Crippen molar-refractivity contribution >= 4 is 17.6 Å². The maximum Gasteiger partial charge on any atom is 0.305 e. The summed E-state index contributed by atoms with van der Waals surface area (Å²) in [7, 11) is 0. The molecule has 1 amide bonds. The first-order valence-corrected chi connectivity index (χ1v) is 20.1. The van der Waals surface area contributed by atoms with E-state index in [1.54, 1.807) is 24.3 Å². The van der Waals surface area contributed by atoms with Gasteiger partial charge in [0.25, 0.3) is 0 Å². The first-order chi connectivity index (χ1) is 27.6. The molecule has 0 saturated heterocycles. The second-order valence-corrected chi connectivity index (χ2v) is 12.2. The first kappa shape index (κ1) is 51.5. The minimum absolute atomic E-state index is 0.111. The van der Waals surface area contributed by atoms with Gasteiger partial charge in [0.1, 0.15) is 19.0 Å². The summed E-state index contributed by atoms with van der Waals surface area (Å²) >= 11 is 0. The van der Waals surface area contributed by atoms with Crippen LogP contribution in [-0.2, 0) is 66.4 Å². The highest BCUT2D eigenvalue weighted by Crippen LogP contribution is 2.15. The number of nitrogens with one attached hydrogen (secondary N) is 1. The summed E-state index contributed by atoms with van der Waals surface area (Å²) in [4.78, 5) is 22.7. The lowest BCUT2D eigenvalue weighted by molar-refractivity contribution is -0.145. The molecule has 0 saturated carbocycles. The molecule has 1 N–H and O–H groups in total. The molecular formula is C40H71NO15. The van der Waals surface area contributed by atoms with Crippen LogP contribution >= 0.6 is 0 Å². The highest BCUT2D eigenvalue weighted by atomic mass is 16.6. The summed E-state index contributed by atoms with van der Waals surface area (Å²) in [5.41, 5.74) is 0.729. The molecule has 0 aromatic heterocycles. The predicted octanol–water partition coefficient (Wildman–Crippen LogP) is 4.11. The normalized spacial score (nSPS) is 11.2. The summed E-state index contributed by atoms with van der Waals surface area (Å²) in [6.07, 6.45) is 6.05. The van der Waals surface area contributed by atoms with E-state index in [1.807, 2.05) is 0 Å². The van der Waals surface area contributed by atoms with Gasteiger partial charge in [0.15, 0.2) is 0 Å². The zero-order valence-electron chi connectivity index (χ0n) is 34.1. The van der Waals surface area contributed by atoms with Crippen molar-refractivity contribution in [2.24, 2.45) is 0 Å². The lowest BCUT2D eigenvalue weighted by atomic mass is 10.1. The zero-order valence-corrected chi connectivity index (χ0v) is 34.1. The van der Waals surface area contributed by atoms with E-state index in [0.29, 0.717) is 164 Å². The Balaban J connectivity index is 1.65. The Hall–Kier alpha value is -2.48. The Morgan fingerprint density at radius 1 is 0.429 bits per heavy atom. The Morgan fingerprint density at radius 3 is 1.09 bits per heavy atom. The van der Waals surface area contributed by atoms with E-state index in [-0.39, 0.29) is 18.5 Å². The molecule has 0 aliphatic rings. The Labute approximate surface area is 334 Å². The minimum atomic E-state index is -0.151. The molecule has 1 aromatic rings. The monoisotopic (exact) mass is 805 g/mol. The third-order valence-corrected chi connectivity index (χ3v) is 7.37. The standard InChI is InChI=1S/C40H71NO15/c1-3-4-5-6-7-8-40(43)56-36-34-54-32-30-52-28-26-50-24-22-48-20-18-46-16-14-44-13-15-45-17-19-47-21-23-49-25-27-51-29-31-53-33-35-55-39-11-9-38(10-12-39)41-37(2)42/h9-12H,3-8,13-36H2,1-2H3,(H,41,42). The van der Waals surface area contributed by atoms with E-state index in [0.717, 1.165) is 18.5 Å². The van der Waals surface area contributed by atoms with Gasteiger partial charge >= 0.3 is 5.97 Å². The van der Waals surface area contributed by atoms with Crippen molar-refractivity contribution in [1.82, 2.24) is 0 Å². The minimum Gasteiger partial charge on any atom is -0.491 e. The van der Waals surface area contributed by atoms with Crippen LogP contribution in [0, 0.1) is 0 Å². The number of ether oxygens (including phenoxy) is 13. The second kappa shape index (κ2) is 42.1. The van der Waals surface area contributed by atoms with E-state index in [9.17, 15) is 9.59 Å². The average molecular weight is 806 g/mol. The largest absolute Gasteiger partial charge is 0.491 e. The molecule has 0 radical (unpaired) electrons. The van der Waals surface area contributed by atoms with E-state index in [4.69, 9.17) is 61.6 Å². The summed E-state index contributed by atoms with van der Waals surface area (Å²) in [6.45, 7) is 14.8. The number of carbonyl (C=O) groups excluding carboxylic acids is 2. The van der Waals surface area contributed by atoms with Crippen molar-refractivity contribution in [2.45, 2.75) is 52.4 Å². The molecule has 0 aliphatic carbocycles. The molecule has 16 heteroatoms. The SMILES string of the molecule is CCCCCCCC(=O)OCCOCCOCCOCCOCCOCCOCCOCCOCCOCCOCCOCCOc1ccc(NC(C)=O)cc1. The van der Waals surface area contributed by atoms with Gasteiger partial charge in [0.05, 0.1) is 145 Å². The zero-order chi connectivity index (χ0) is 40.3. The fourth-order valence-corrected chi connectivity index (χ4v) is 4.52. The van der Waals surface area contributed by atoms with Crippen LogP contribution in [0.5, 0.6) is 5.75 Å². The van der Waals surface area contributed by atoms with Crippen molar-refractivity contribution in [1.29, 1.82) is 0 Å². The molecule has 0 bridgehead atoms. The number of hydrogen-bond donors (Lipinski definition) is 1. The highest BCUT2D eigenvalue weighted by Gasteiger charge is 2.03. The molecule has 0 aliphatic heterocycles. The number of anilines is 1. The van der Waals surface area contributed by atoms with Gasteiger partial charge in [-0.25, -0.2) is 0 Å². The van der Waals surface area contributed by atoms with Crippen LogP contribution in [0.1, 0.15) is 52.4 Å². The molecule has 1 aromatic carbocycles. The molecule has 0 unspecified atom stereocenters. The number of amides is 1. The van der Waals surface area contributed by atoms with Crippen LogP contribution in [0.25, 0.3) is 0 Å². The highest BCUT2D eigenvalue weighted by molar-refractivity contribution is 5.88. The Bertz CT molecular complexity index is 989. The van der Waals surface area contributed by atoms with Crippen molar-refractivity contribution in [3.63, 3.8) is 0 Å². The van der Waals surface area contributed by atoms with Crippen molar-refractivity contribution in [2.75, 3.05) is 164 Å². The number of rotatable bonds is 44. The molecule has 16 nitrogen and oxygen atoms in total. The maximum atomic E-state index is 11.6. The molecule has 1 rings (SSSR count). The molecular weight excluding hydrogens is 734 g/mol. The fraction of sp³-hybridized carbons (Fsp3) is 0.800. The number of hydrogen-bond acceptors (Lipinski definition) is 15. The van der Waals surface area contributed by atoms with Crippen LogP contribution < -0.4 is 10.1 Å². The smallest absolute Gasteiger partial charge is 0.305 e. The van der Waals surface area contributed by atoms with Gasteiger partial charge in [-0.15, -0.1) is 0 Å². The average Bonchev–Trinajstić information content (AvgIpc) is 3.19. The maximum absolute atomic E-state index is 11.6. The summed E-state index contributed by atoms with van der Waals surface area (Å²) in [5, 5.41) is 2.71. The van der Waals surface area contributed by atoms with Gasteiger partial charge < -0.3 is 66.9 Å². The van der Waals surface area contributed by atoms with E-state index < -0.39 is 0 Å². The van der Waals surface area contributed by atoms with Crippen LogP contribution in [0.3, 0.4) is 0 Å². The van der Waals surface area contributed by atoms with Gasteiger partial charge in [0.2, 0.25) is 5.91 Å². The molecule has 0 fully saturated rings. The van der Waals surface area contributed by atoms with E-state index >= 15 is 0 Å². The number of esters is 1. The van der Waals surface area contributed by atoms with Crippen LogP contribution in [0.2, 0.25) is 0 Å². The van der Waals surface area contributed by atoms with Gasteiger partial charge in [0, 0.05) is 19.0 Å². The summed E-state index contributed by atoms with van der Waals surface area (Å²) in [6, 6.07) is 7.17. The summed E-state index contributed by atoms with van der Waals surface area (Å²) < 4.78 is 71.1. The quantitative estimate of drug-likeness (QED) is 0.0739. The molecule has 0 heterocycles. The lowest BCUT2D eigenvalue weighted by Gasteiger charge is -2.09. The third kappa shape index (κ3) is 38.4. The first-order valence-electron chi connectivity index (χ1n) is 20.1. The van der Waals surface area contributed by atoms with Crippen molar-refractivity contribution < 1.29 is 71.2 Å². The van der Waals surface area contributed by atoms with Gasteiger partial charge in [-0.3, -0.25) is 9.59 Å². The van der Waals surface area contributed by atoms with Gasteiger partial charge in [-0.2, -0.15) is 0 Å². The van der Waals surface area contributed by atoms with E-state index in [2.05, 4.69) is 12.2 Å². The third-order valence-electron chi connectivity index (χ3n) is 7.37. The molecule has 0 spiro atoms. The van der Waals surface area contributed by atoms with Gasteiger partial charge in [-0.1, -0.05) is 32.6 Å². The number of unbranched alkanes of at least 4 members (excludes halogenated alkanes) is 4. The Morgan fingerprint density at radius 2 is 0.750 bits per heavy atom. The fourth-order valence-electron chi connectivity index (χ4n) is 4.52. The van der Waals surface area contributed by atoms with Gasteiger partial charge in [-0.05, 0) is 30.7 Å². The second-order valence-electron chi connectivity index (χ2n) is 12.2.